The van der Waals surface area contributed by atoms with Crippen molar-refractivity contribution in [3.8, 4) is 0 Å². The van der Waals surface area contributed by atoms with Crippen LogP contribution in [0.1, 0.15) is 49.1 Å². The lowest BCUT2D eigenvalue weighted by Crippen LogP contribution is -2.27. The van der Waals surface area contributed by atoms with Crippen LogP contribution in [0.4, 0.5) is 5.82 Å². The van der Waals surface area contributed by atoms with E-state index in [1.165, 1.54) is 17.5 Å². The van der Waals surface area contributed by atoms with Gasteiger partial charge in [0.25, 0.3) is 11.5 Å². The average molecular weight is 351 g/mol. The van der Waals surface area contributed by atoms with E-state index in [2.05, 4.69) is 15.5 Å². The molecule has 0 radical (unpaired) electrons. The third-order valence-electron chi connectivity index (χ3n) is 4.96. The van der Waals surface area contributed by atoms with Gasteiger partial charge in [0.1, 0.15) is 5.82 Å². The molecule has 0 unspecified atom stereocenters. The summed E-state index contributed by atoms with van der Waals surface area (Å²) in [5.74, 6) is 0.338. The van der Waals surface area contributed by atoms with Crippen LogP contribution in [-0.2, 0) is 6.54 Å². The summed E-state index contributed by atoms with van der Waals surface area (Å²) >= 11 is 0. The maximum absolute atomic E-state index is 12.9. The topological polar surface area (TPSA) is 81.8 Å². The van der Waals surface area contributed by atoms with Gasteiger partial charge in [-0.3, -0.25) is 9.59 Å². The van der Waals surface area contributed by atoms with Gasteiger partial charge in [0.2, 0.25) is 0 Å². The second kappa shape index (κ2) is 6.74. The molecule has 4 rings (SSSR count). The number of carbonyl (C=O) groups excluding carboxylic acids is 1. The molecule has 0 aliphatic heterocycles. The molecule has 7 nitrogen and oxygen atoms in total. The van der Waals surface area contributed by atoms with Gasteiger partial charge in [-0.2, -0.15) is 10.2 Å². The van der Waals surface area contributed by atoms with Crippen molar-refractivity contribution in [3.05, 3.63) is 52.6 Å². The summed E-state index contributed by atoms with van der Waals surface area (Å²) in [5.41, 5.74) is 0.0665. The van der Waals surface area contributed by atoms with Gasteiger partial charge < -0.3 is 5.32 Å². The SMILES string of the molecule is CCn1nc(C(=O)Nc2ccnn2C2CCCC2)c2ccccc2c1=O. The van der Waals surface area contributed by atoms with E-state index in [0.29, 0.717) is 29.2 Å². The molecule has 1 saturated carbocycles. The Balaban J connectivity index is 1.72. The molecule has 134 valence electrons. The van der Waals surface area contributed by atoms with E-state index in [0.717, 1.165) is 12.8 Å². The first-order chi connectivity index (χ1) is 12.7. The van der Waals surface area contributed by atoms with E-state index < -0.39 is 0 Å². The number of hydrogen-bond donors (Lipinski definition) is 1. The summed E-state index contributed by atoms with van der Waals surface area (Å²) in [4.78, 5) is 25.4. The first-order valence-corrected chi connectivity index (χ1v) is 9.03. The van der Waals surface area contributed by atoms with Crippen LogP contribution in [0.5, 0.6) is 0 Å². The summed E-state index contributed by atoms with van der Waals surface area (Å²) in [5, 5.41) is 12.7. The van der Waals surface area contributed by atoms with Crippen molar-refractivity contribution in [1.29, 1.82) is 0 Å². The third kappa shape index (κ3) is 2.79. The van der Waals surface area contributed by atoms with Crippen molar-refractivity contribution in [1.82, 2.24) is 19.6 Å². The molecule has 7 heteroatoms. The van der Waals surface area contributed by atoms with E-state index in [1.54, 1.807) is 36.5 Å². The summed E-state index contributed by atoms with van der Waals surface area (Å²) in [6.07, 6.45) is 6.22. The normalized spacial score (nSPS) is 14.8. The van der Waals surface area contributed by atoms with E-state index in [9.17, 15) is 9.59 Å². The van der Waals surface area contributed by atoms with E-state index >= 15 is 0 Å². The van der Waals surface area contributed by atoms with Crippen molar-refractivity contribution in [3.63, 3.8) is 0 Å². The highest BCUT2D eigenvalue weighted by atomic mass is 16.2. The minimum atomic E-state index is -0.330. The smallest absolute Gasteiger partial charge is 0.277 e. The van der Waals surface area contributed by atoms with Crippen LogP contribution >= 0.6 is 0 Å². The minimum Gasteiger partial charge on any atom is -0.305 e. The molecule has 1 N–H and O–H groups in total. The molecule has 2 heterocycles. The fourth-order valence-corrected chi connectivity index (χ4v) is 3.65. The maximum atomic E-state index is 12.9. The molecule has 3 aromatic rings. The highest BCUT2D eigenvalue weighted by molar-refractivity contribution is 6.10. The monoisotopic (exact) mass is 351 g/mol. The zero-order valence-electron chi connectivity index (χ0n) is 14.7. The zero-order chi connectivity index (χ0) is 18.1. The van der Waals surface area contributed by atoms with Gasteiger partial charge in [-0.25, -0.2) is 9.36 Å². The largest absolute Gasteiger partial charge is 0.305 e. The quantitative estimate of drug-likeness (QED) is 0.783. The molecule has 0 atom stereocenters. The van der Waals surface area contributed by atoms with E-state index in [-0.39, 0.29) is 17.2 Å². The Kier molecular flexibility index (Phi) is 4.28. The second-order valence-electron chi connectivity index (χ2n) is 6.57. The van der Waals surface area contributed by atoms with Gasteiger partial charge in [0, 0.05) is 18.0 Å². The Labute approximate surface area is 150 Å². The first-order valence-electron chi connectivity index (χ1n) is 9.03. The number of benzene rings is 1. The second-order valence-corrected chi connectivity index (χ2v) is 6.57. The predicted molar refractivity (Wildman–Crippen MR) is 99.4 cm³/mol. The number of nitrogens with one attached hydrogen (secondary N) is 1. The number of aryl methyl sites for hydroxylation is 1. The molecular formula is C19H21N5O2. The Morgan fingerprint density at radius 2 is 1.92 bits per heavy atom. The Bertz CT molecular complexity index is 1010. The lowest BCUT2D eigenvalue weighted by atomic mass is 10.1. The summed E-state index contributed by atoms with van der Waals surface area (Å²) < 4.78 is 3.22. The lowest BCUT2D eigenvalue weighted by Gasteiger charge is -2.15. The Hall–Kier alpha value is -2.96. The van der Waals surface area contributed by atoms with Gasteiger partial charge in [0.05, 0.1) is 17.6 Å². The van der Waals surface area contributed by atoms with Gasteiger partial charge in [-0.1, -0.05) is 31.0 Å². The van der Waals surface area contributed by atoms with Crippen molar-refractivity contribution in [2.75, 3.05) is 5.32 Å². The molecule has 1 aliphatic rings. The molecule has 1 aliphatic carbocycles. The molecule has 1 fully saturated rings. The van der Waals surface area contributed by atoms with Crippen molar-refractivity contribution < 1.29 is 4.79 Å². The van der Waals surface area contributed by atoms with Crippen LogP contribution < -0.4 is 10.9 Å². The molecule has 0 saturated heterocycles. The number of hydrogen-bond acceptors (Lipinski definition) is 4. The van der Waals surface area contributed by atoms with Crippen LogP contribution in [0.2, 0.25) is 0 Å². The van der Waals surface area contributed by atoms with Crippen LogP contribution in [0.15, 0.2) is 41.3 Å². The van der Waals surface area contributed by atoms with Gasteiger partial charge in [0.15, 0.2) is 5.69 Å². The maximum Gasteiger partial charge on any atom is 0.277 e. The Morgan fingerprint density at radius 3 is 2.65 bits per heavy atom. The number of rotatable bonds is 4. The van der Waals surface area contributed by atoms with Crippen LogP contribution in [0.25, 0.3) is 10.8 Å². The highest BCUT2D eigenvalue weighted by Crippen LogP contribution is 2.31. The van der Waals surface area contributed by atoms with Crippen molar-refractivity contribution >= 4 is 22.5 Å². The Morgan fingerprint density at radius 1 is 1.19 bits per heavy atom. The van der Waals surface area contributed by atoms with Gasteiger partial charge >= 0.3 is 0 Å². The average Bonchev–Trinajstić information content (AvgIpc) is 3.33. The number of amides is 1. The van der Waals surface area contributed by atoms with Crippen LogP contribution in [0, 0.1) is 0 Å². The zero-order valence-corrected chi connectivity index (χ0v) is 14.7. The third-order valence-corrected chi connectivity index (χ3v) is 4.96. The highest BCUT2D eigenvalue weighted by Gasteiger charge is 2.22. The van der Waals surface area contributed by atoms with Gasteiger partial charge in [-0.05, 0) is 25.8 Å². The van der Waals surface area contributed by atoms with Crippen molar-refractivity contribution in [2.24, 2.45) is 0 Å². The summed E-state index contributed by atoms with van der Waals surface area (Å²) in [6, 6.07) is 9.21. The molecule has 26 heavy (non-hydrogen) atoms. The van der Waals surface area contributed by atoms with E-state index in [1.807, 2.05) is 11.6 Å². The van der Waals surface area contributed by atoms with Crippen molar-refractivity contribution in [2.45, 2.75) is 45.2 Å². The summed E-state index contributed by atoms with van der Waals surface area (Å²) in [7, 11) is 0. The fraction of sp³-hybridized carbons (Fsp3) is 0.368. The molecule has 1 aromatic carbocycles. The predicted octanol–water partition coefficient (Wildman–Crippen LogP) is 2.98. The molecule has 0 spiro atoms. The number of aromatic nitrogens is 4. The number of carbonyl (C=O) groups is 1. The van der Waals surface area contributed by atoms with E-state index in [4.69, 9.17) is 0 Å². The number of fused-ring (bicyclic) bond motifs is 1. The molecule has 1 amide bonds. The summed E-state index contributed by atoms with van der Waals surface area (Å²) in [6.45, 7) is 2.24. The van der Waals surface area contributed by atoms with Crippen LogP contribution in [0.3, 0.4) is 0 Å². The molecule has 0 bridgehead atoms. The van der Waals surface area contributed by atoms with Crippen LogP contribution in [-0.4, -0.2) is 25.5 Å². The fourth-order valence-electron chi connectivity index (χ4n) is 3.65. The standard InChI is InChI=1S/C19H21N5O2/c1-2-23-19(26)15-10-6-5-9-14(15)17(22-23)18(25)21-16-11-12-20-24(16)13-7-3-4-8-13/h5-6,9-13H,2-4,7-8H2,1H3,(H,21,25). The molecular weight excluding hydrogens is 330 g/mol. The number of nitrogens with zero attached hydrogens (tertiary/aromatic N) is 4. The van der Waals surface area contributed by atoms with Gasteiger partial charge in [-0.15, -0.1) is 0 Å². The lowest BCUT2D eigenvalue weighted by molar-refractivity contribution is 0.102. The minimum absolute atomic E-state index is 0.185. The first kappa shape index (κ1) is 16.5. The molecule has 2 aromatic heterocycles. The number of anilines is 1.